The van der Waals surface area contributed by atoms with Gasteiger partial charge in [0.05, 0.1) is 13.2 Å². The fourth-order valence-electron chi connectivity index (χ4n) is 3.25. The van der Waals surface area contributed by atoms with Crippen molar-refractivity contribution in [3.05, 3.63) is 22.7 Å². The van der Waals surface area contributed by atoms with E-state index < -0.39 is 0 Å². The third kappa shape index (κ3) is 3.86. The highest BCUT2D eigenvalue weighted by molar-refractivity contribution is 6.31. The molecule has 5 heteroatoms. The van der Waals surface area contributed by atoms with Gasteiger partial charge in [0.25, 0.3) is 0 Å². The second-order valence-corrected chi connectivity index (χ2v) is 6.55. The summed E-state index contributed by atoms with van der Waals surface area (Å²) in [7, 11) is 1.69. The minimum atomic E-state index is 0.309. The molecule has 0 aromatic heterocycles. The van der Waals surface area contributed by atoms with Crippen LogP contribution in [-0.4, -0.2) is 44.3 Å². The average molecular weight is 325 g/mol. The van der Waals surface area contributed by atoms with Gasteiger partial charge in [-0.1, -0.05) is 11.6 Å². The third-order valence-electron chi connectivity index (χ3n) is 4.53. The van der Waals surface area contributed by atoms with E-state index in [0.29, 0.717) is 6.10 Å². The molecule has 1 aromatic rings. The normalized spacial score (nSPS) is 20.3. The van der Waals surface area contributed by atoms with Gasteiger partial charge in [0, 0.05) is 43.8 Å². The van der Waals surface area contributed by atoms with Crippen LogP contribution in [0.1, 0.15) is 31.2 Å². The molecule has 1 aliphatic carbocycles. The molecule has 0 spiro atoms. The molecule has 1 aliphatic heterocycles. The number of hydrogen-bond acceptors (Lipinski definition) is 4. The highest BCUT2D eigenvalue weighted by Gasteiger charge is 2.20. The maximum Gasteiger partial charge on any atom is 0.163 e. The van der Waals surface area contributed by atoms with Crippen LogP contribution >= 0.6 is 11.6 Å². The van der Waals surface area contributed by atoms with E-state index >= 15 is 0 Å². The molecule has 122 valence electrons. The number of piperazine rings is 1. The zero-order valence-corrected chi connectivity index (χ0v) is 14.0. The summed E-state index contributed by atoms with van der Waals surface area (Å²) in [4.78, 5) is 2.41. The summed E-state index contributed by atoms with van der Waals surface area (Å²) in [6.07, 6.45) is 5.07. The molecule has 3 rings (SSSR count). The first kappa shape index (κ1) is 15.9. The molecule has 0 unspecified atom stereocenters. The van der Waals surface area contributed by atoms with Crippen molar-refractivity contribution in [1.29, 1.82) is 0 Å². The van der Waals surface area contributed by atoms with Crippen molar-refractivity contribution in [1.82, 2.24) is 10.2 Å². The molecule has 2 aliphatic rings. The number of ether oxygens (including phenoxy) is 2. The number of halogens is 1. The van der Waals surface area contributed by atoms with E-state index in [-0.39, 0.29) is 0 Å². The monoisotopic (exact) mass is 324 g/mol. The van der Waals surface area contributed by atoms with E-state index in [9.17, 15) is 0 Å². The second kappa shape index (κ2) is 7.53. The molecule has 1 aromatic carbocycles. The zero-order chi connectivity index (χ0) is 15.4. The molecule has 0 bridgehead atoms. The number of methoxy groups -OCH3 is 1. The summed E-state index contributed by atoms with van der Waals surface area (Å²) in [5.41, 5.74) is 1.11. The lowest BCUT2D eigenvalue weighted by molar-refractivity contribution is 0.200. The van der Waals surface area contributed by atoms with Gasteiger partial charge in [-0.2, -0.15) is 0 Å². The maximum absolute atomic E-state index is 6.49. The summed E-state index contributed by atoms with van der Waals surface area (Å²) in [5.74, 6) is 1.57. The lowest BCUT2D eigenvalue weighted by atomic mass is 10.1. The molecule has 0 amide bonds. The fraction of sp³-hybridized carbons (Fsp3) is 0.647. The smallest absolute Gasteiger partial charge is 0.163 e. The molecule has 22 heavy (non-hydrogen) atoms. The zero-order valence-electron chi connectivity index (χ0n) is 13.2. The first-order valence-electron chi connectivity index (χ1n) is 8.22. The van der Waals surface area contributed by atoms with Crippen LogP contribution in [0, 0.1) is 0 Å². The first-order valence-corrected chi connectivity index (χ1v) is 8.60. The molecule has 4 nitrogen and oxygen atoms in total. The SMILES string of the molecule is COc1cc(CN2CCNCC2)c(Cl)cc1OC1CCCC1. The summed E-state index contributed by atoms with van der Waals surface area (Å²) in [6, 6.07) is 3.96. The topological polar surface area (TPSA) is 33.7 Å². The number of nitrogens with one attached hydrogen (secondary N) is 1. The van der Waals surface area contributed by atoms with Gasteiger partial charge in [0.1, 0.15) is 0 Å². The molecule has 1 N–H and O–H groups in total. The van der Waals surface area contributed by atoms with Gasteiger partial charge in [0.2, 0.25) is 0 Å². The Labute approximate surface area is 137 Å². The fourth-order valence-corrected chi connectivity index (χ4v) is 3.46. The number of nitrogens with zero attached hydrogens (tertiary/aromatic N) is 1. The van der Waals surface area contributed by atoms with E-state index in [1.54, 1.807) is 7.11 Å². The molecule has 1 saturated heterocycles. The average Bonchev–Trinajstić information content (AvgIpc) is 3.04. The third-order valence-corrected chi connectivity index (χ3v) is 4.88. The minimum absolute atomic E-state index is 0.309. The Morgan fingerprint density at radius 3 is 2.59 bits per heavy atom. The van der Waals surface area contributed by atoms with Gasteiger partial charge in [0.15, 0.2) is 11.5 Å². The van der Waals surface area contributed by atoms with E-state index in [1.165, 1.54) is 12.8 Å². The van der Waals surface area contributed by atoms with Crippen molar-refractivity contribution < 1.29 is 9.47 Å². The second-order valence-electron chi connectivity index (χ2n) is 6.14. The van der Waals surface area contributed by atoms with Crippen molar-refractivity contribution in [2.75, 3.05) is 33.3 Å². The molecule has 2 fully saturated rings. The molecule has 1 heterocycles. The summed E-state index contributed by atoms with van der Waals surface area (Å²) >= 11 is 6.49. The summed E-state index contributed by atoms with van der Waals surface area (Å²) in [5, 5.41) is 4.14. The highest BCUT2D eigenvalue weighted by Crippen LogP contribution is 2.36. The lowest BCUT2D eigenvalue weighted by Gasteiger charge is -2.28. The predicted molar refractivity (Wildman–Crippen MR) is 89.0 cm³/mol. The van der Waals surface area contributed by atoms with Crippen molar-refractivity contribution in [3.63, 3.8) is 0 Å². The van der Waals surface area contributed by atoms with E-state index in [4.69, 9.17) is 21.1 Å². The number of hydrogen-bond donors (Lipinski definition) is 1. The van der Waals surface area contributed by atoms with Gasteiger partial charge < -0.3 is 14.8 Å². The first-order chi connectivity index (χ1) is 10.8. The Morgan fingerprint density at radius 1 is 1.18 bits per heavy atom. The van der Waals surface area contributed by atoms with Gasteiger partial charge in [-0.25, -0.2) is 0 Å². The Morgan fingerprint density at radius 2 is 1.91 bits per heavy atom. The molecular weight excluding hydrogens is 300 g/mol. The maximum atomic E-state index is 6.49. The van der Waals surface area contributed by atoms with Crippen LogP contribution in [0.25, 0.3) is 0 Å². The van der Waals surface area contributed by atoms with Crippen LogP contribution in [0.3, 0.4) is 0 Å². The standard InChI is InChI=1S/C17H25ClN2O2/c1-21-16-10-13(12-20-8-6-19-7-9-20)15(18)11-17(16)22-14-4-2-3-5-14/h10-11,14,19H,2-9,12H2,1H3. The van der Waals surface area contributed by atoms with E-state index in [2.05, 4.69) is 10.2 Å². The Kier molecular flexibility index (Phi) is 5.45. The Bertz CT molecular complexity index is 498. The Balaban J connectivity index is 1.73. The summed E-state index contributed by atoms with van der Waals surface area (Å²) < 4.78 is 11.6. The van der Waals surface area contributed by atoms with Gasteiger partial charge in [-0.05, 0) is 37.3 Å². The predicted octanol–water partition coefficient (Wildman–Crippen LogP) is 3.08. The van der Waals surface area contributed by atoms with Crippen LogP contribution in [0.15, 0.2) is 12.1 Å². The van der Waals surface area contributed by atoms with Crippen molar-refractivity contribution in [2.45, 2.75) is 38.3 Å². The van der Waals surface area contributed by atoms with Crippen LogP contribution in [0.2, 0.25) is 5.02 Å². The van der Waals surface area contributed by atoms with Gasteiger partial charge >= 0.3 is 0 Å². The van der Waals surface area contributed by atoms with E-state index in [1.807, 2.05) is 12.1 Å². The van der Waals surface area contributed by atoms with Crippen molar-refractivity contribution in [3.8, 4) is 11.5 Å². The molecule has 0 atom stereocenters. The minimum Gasteiger partial charge on any atom is -0.493 e. The lowest BCUT2D eigenvalue weighted by Crippen LogP contribution is -2.42. The van der Waals surface area contributed by atoms with Crippen LogP contribution in [0.5, 0.6) is 11.5 Å². The van der Waals surface area contributed by atoms with Crippen LogP contribution < -0.4 is 14.8 Å². The van der Waals surface area contributed by atoms with Gasteiger partial charge in [-0.3, -0.25) is 4.90 Å². The van der Waals surface area contributed by atoms with Gasteiger partial charge in [-0.15, -0.1) is 0 Å². The number of benzene rings is 1. The highest BCUT2D eigenvalue weighted by atomic mass is 35.5. The largest absolute Gasteiger partial charge is 0.493 e. The van der Waals surface area contributed by atoms with Crippen LogP contribution in [-0.2, 0) is 6.54 Å². The molecule has 0 radical (unpaired) electrons. The van der Waals surface area contributed by atoms with E-state index in [0.717, 1.165) is 67.7 Å². The summed E-state index contributed by atoms with van der Waals surface area (Å²) in [6.45, 7) is 5.05. The molecular formula is C17H25ClN2O2. The Hall–Kier alpha value is -0.970. The van der Waals surface area contributed by atoms with Crippen molar-refractivity contribution >= 4 is 11.6 Å². The molecule has 1 saturated carbocycles. The van der Waals surface area contributed by atoms with Crippen molar-refractivity contribution in [2.24, 2.45) is 0 Å². The van der Waals surface area contributed by atoms with Crippen LogP contribution in [0.4, 0.5) is 0 Å². The quantitative estimate of drug-likeness (QED) is 0.902. The number of rotatable bonds is 5.